The van der Waals surface area contributed by atoms with Crippen molar-refractivity contribution in [1.29, 1.82) is 0 Å². The van der Waals surface area contributed by atoms with Crippen LogP contribution in [0.25, 0.3) is 0 Å². The number of nitrogens with zero attached hydrogens (tertiary/aromatic N) is 1. The van der Waals surface area contributed by atoms with Gasteiger partial charge in [-0.15, -0.1) is 24.0 Å². The molecule has 0 radical (unpaired) electrons. The van der Waals surface area contributed by atoms with Gasteiger partial charge >= 0.3 is 0 Å². The molecule has 0 aliphatic heterocycles. The summed E-state index contributed by atoms with van der Waals surface area (Å²) in [6.45, 7) is 6.08. The number of aliphatic imine (C=N–C) groups is 1. The molecule has 0 unspecified atom stereocenters. The van der Waals surface area contributed by atoms with E-state index < -0.39 is 27.2 Å². The molecule has 1 aromatic carbocycles. The largest absolute Gasteiger partial charge is 0.357 e. The maximum atomic E-state index is 13.6. The van der Waals surface area contributed by atoms with Crippen molar-refractivity contribution in [2.75, 3.05) is 19.3 Å². The normalized spacial score (nSPS) is 12.5. The van der Waals surface area contributed by atoms with Crippen LogP contribution in [0.3, 0.4) is 0 Å². The zero-order valence-electron chi connectivity index (χ0n) is 14.7. The van der Waals surface area contributed by atoms with Crippen molar-refractivity contribution in [2.45, 2.75) is 32.9 Å². The van der Waals surface area contributed by atoms with E-state index in [0.717, 1.165) is 24.5 Å². The number of nitrogens with one attached hydrogen (secondary N) is 3. The number of guanidine groups is 1. The van der Waals surface area contributed by atoms with Crippen LogP contribution in [0.1, 0.15) is 26.3 Å². The summed E-state index contributed by atoms with van der Waals surface area (Å²) in [6, 6.07) is 3.20. The molecule has 0 heterocycles. The van der Waals surface area contributed by atoms with Crippen molar-refractivity contribution in [1.82, 2.24) is 15.4 Å². The van der Waals surface area contributed by atoms with Gasteiger partial charge in [-0.05, 0) is 39.0 Å². The molecule has 0 amide bonds. The van der Waals surface area contributed by atoms with E-state index in [0.29, 0.717) is 12.5 Å². The lowest BCUT2D eigenvalue weighted by Gasteiger charge is -2.26. The van der Waals surface area contributed by atoms with E-state index in [-0.39, 0.29) is 42.6 Å². The number of hydrogen-bond donors (Lipinski definition) is 3. The van der Waals surface area contributed by atoms with Gasteiger partial charge in [-0.25, -0.2) is 26.9 Å². The highest BCUT2D eigenvalue weighted by Gasteiger charge is 2.22. The van der Waals surface area contributed by atoms with E-state index in [2.05, 4.69) is 20.3 Å². The molecule has 10 heteroatoms. The molecule has 0 saturated heterocycles. The SMILES string of the molecule is CCNC(=NCc1cc(F)ccc1F)NCC(C)(C)NS(C)(=O)=O.I. The highest BCUT2D eigenvalue weighted by atomic mass is 127. The van der Waals surface area contributed by atoms with Crippen LogP contribution >= 0.6 is 24.0 Å². The lowest BCUT2D eigenvalue weighted by atomic mass is 10.1. The van der Waals surface area contributed by atoms with Crippen LogP contribution < -0.4 is 15.4 Å². The van der Waals surface area contributed by atoms with E-state index in [1.54, 1.807) is 13.8 Å². The number of benzene rings is 1. The van der Waals surface area contributed by atoms with Gasteiger partial charge in [0.2, 0.25) is 10.0 Å². The summed E-state index contributed by atoms with van der Waals surface area (Å²) in [5.41, 5.74) is -0.603. The van der Waals surface area contributed by atoms with Crippen LogP contribution in [0, 0.1) is 11.6 Å². The molecule has 144 valence electrons. The molecule has 0 aromatic heterocycles. The lowest BCUT2D eigenvalue weighted by molar-refractivity contribution is 0.446. The Balaban J connectivity index is 0.00000576. The van der Waals surface area contributed by atoms with Gasteiger partial charge in [0, 0.05) is 24.2 Å². The Bertz CT molecular complexity index is 697. The average Bonchev–Trinajstić information content (AvgIpc) is 2.43. The van der Waals surface area contributed by atoms with Crippen molar-refractivity contribution < 1.29 is 17.2 Å². The predicted molar refractivity (Wildman–Crippen MR) is 107 cm³/mol. The highest BCUT2D eigenvalue weighted by molar-refractivity contribution is 14.0. The molecule has 0 spiro atoms. The maximum Gasteiger partial charge on any atom is 0.209 e. The van der Waals surface area contributed by atoms with Gasteiger partial charge in [0.15, 0.2) is 5.96 Å². The van der Waals surface area contributed by atoms with E-state index in [4.69, 9.17) is 0 Å². The third kappa shape index (κ3) is 9.90. The summed E-state index contributed by atoms with van der Waals surface area (Å²) in [5.74, 6) is -0.683. The van der Waals surface area contributed by atoms with Crippen LogP contribution in [0.4, 0.5) is 8.78 Å². The fourth-order valence-electron chi connectivity index (χ4n) is 2.01. The first-order valence-corrected chi connectivity index (χ1v) is 9.36. The molecule has 0 saturated carbocycles. The second-order valence-electron chi connectivity index (χ2n) is 6.04. The quantitative estimate of drug-likeness (QED) is 0.310. The van der Waals surface area contributed by atoms with Gasteiger partial charge in [-0.3, -0.25) is 0 Å². The fraction of sp³-hybridized carbons (Fsp3) is 0.533. The monoisotopic (exact) mass is 490 g/mol. The van der Waals surface area contributed by atoms with E-state index in [1.807, 2.05) is 6.92 Å². The summed E-state index contributed by atoms with van der Waals surface area (Å²) >= 11 is 0. The van der Waals surface area contributed by atoms with E-state index >= 15 is 0 Å². The zero-order chi connectivity index (χ0) is 18.4. The average molecular weight is 490 g/mol. The van der Waals surface area contributed by atoms with Crippen LogP contribution in [0.15, 0.2) is 23.2 Å². The molecule has 0 bridgehead atoms. The third-order valence-corrected chi connectivity index (χ3v) is 3.84. The second-order valence-corrected chi connectivity index (χ2v) is 7.79. The van der Waals surface area contributed by atoms with Crippen molar-refractivity contribution >= 4 is 40.0 Å². The van der Waals surface area contributed by atoms with Crippen LogP contribution in [-0.4, -0.2) is 39.3 Å². The molecule has 0 aliphatic carbocycles. The van der Waals surface area contributed by atoms with Crippen molar-refractivity contribution in [2.24, 2.45) is 4.99 Å². The summed E-state index contributed by atoms with van der Waals surface area (Å²) in [4.78, 5) is 4.20. The molecule has 1 aromatic rings. The topological polar surface area (TPSA) is 82.6 Å². The Labute approximate surface area is 164 Å². The molecule has 6 nitrogen and oxygen atoms in total. The van der Waals surface area contributed by atoms with Crippen LogP contribution in [0.5, 0.6) is 0 Å². The Morgan fingerprint density at radius 1 is 1.24 bits per heavy atom. The number of rotatable bonds is 7. The van der Waals surface area contributed by atoms with Gasteiger partial charge in [0.1, 0.15) is 11.6 Å². The third-order valence-electron chi connectivity index (χ3n) is 2.92. The highest BCUT2D eigenvalue weighted by Crippen LogP contribution is 2.10. The molecule has 0 atom stereocenters. The van der Waals surface area contributed by atoms with Gasteiger partial charge in [0.05, 0.1) is 12.8 Å². The molecule has 3 N–H and O–H groups in total. The lowest BCUT2D eigenvalue weighted by Crippen LogP contribution is -2.53. The molecule has 0 fully saturated rings. The van der Waals surface area contributed by atoms with Crippen molar-refractivity contribution in [3.05, 3.63) is 35.4 Å². The Morgan fingerprint density at radius 3 is 2.44 bits per heavy atom. The molecular formula is C15H25F2IN4O2S. The number of halogens is 3. The number of sulfonamides is 1. The first-order chi connectivity index (χ1) is 11.0. The fourth-order valence-corrected chi connectivity index (χ4v) is 3.09. The Morgan fingerprint density at radius 2 is 1.88 bits per heavy atom. The first kappa shape index (κ1) is 24.0. The maximum absolute atomic E-state index is 13.6. The Kier molecular flexibility index (Phi) is 9.80. The van der Waals surface area contributed by atoms with Gasteiger partial charge in [0.25, 0.3) is 0 Å². The van der Waals surface area contributed by atoms with E-state index in [1.165, 1.54) is 0 Å². The molecular weight excluding hydrogens is 465 g/mol. The smallest absolute Gasteiger partial charge is 0.209 e. The minimum absolute atomic E-state index is 0. The van der Waals surface area contributed by atoms with Crippen molar-refractivity contribution in [3.63, 3.8) is 0 Å². The first-order valence-electron chi connectivity index (χ1n) is 7.47. The summed E-state index contributed by atoms with van der Waals surface area (Å²) in [6.07, 6.45) is 1.08. The molecule has 1 rings (SSSR count). The summed E-state index contributed by atoms with van der Waals surface area (Å²) < 4.78 is 52.0. The van der Waals surface area contributed by atoms with Crippen LogP contribution in [-0.2, 0) is 16.6 Å². The van der Waals surface area contributed by atoms with E-state index in [9.17, 15) is 17.2 Å². The summed E-state index contributed by atoms with van der Waals surface area (Å²) in [7, 11) is -3.35. The summed E-state index contributed by atoms with van der Waals surface area (Å²) in [5, 5.41) is 5.95. The van der Waals surface area contributed by atoms with Crippen LogP contribution in [0.2, 0.25) is 0 Å². The second kappa shape index (κ2) is 10.2. The molecule has 0 aliphatic rings. The molecule has 25 heavy (non-hydrogen) atoms. The van der Waals surface area contributed by atoms with Crippen molar-refractivity contribution in [3.8, 4) is 0 Å². The van der Waals surface area contributed by atoms with Gasteiger partial charge < -0.3 is 10.6 Å². The van der Waals surface area contributed by atoms with Gasteiger partial charge in [-0.2, -0.15) is 0 Å². The number of hydrogen-bond acceptors (Lipinski definition) is 3. The zero-order valence-corrected chi connectivity index (χ0v) is 17.8. The minimum Gasteiger partial charge on any atom is -0.357 e. The van der Waals surface area contributed by atoms with Gasteiger partial charge in [-0.1, -0.05) is 0 Å². The standard InChI is InChI=1S/C15H24F2N4O2S.HI/c1-5-18-14(20-10-15(2,3)21-24(4,22)23)19-9-11-8-12(16)6-7-13(11)17;/h6-8,21H,5,9-10H2,1-4H3,(H2,18,19,20);1H. The minimum atomic E-state index is -3.35. The Hall–Kier alpha value is -1.01. The predicted octanol–water partition coefficient (Wildman–Crippen LogP) is 1.97.